The molecule has 0 radical (unpaired) electrons. The molecular formula is C18H19N3O3. The van der Waals surface area contributed by atoms with Crippen LogP contribution in [0.1, 0.15) is 22.8 Å². The number of nitrogens with two attached hydrogens (primary N) is 1. The van der Waals surface area contributed by atoms with Gasteiger partial charge in [0.1, 0.15) is 0 Å². The average molecular weight is 325 g/mol. The van der Waals surface area contributed by atoms with Crippen LogP contribution in [-0.2, 0) is 16.1 Å². The fraction of sp³-hybridized carbons (Fsp3) is 0.167. The topological polar surface area (TPSA) is 92.5 Å². The monoisotopic (exact) mass is 325 g/mol. The van der Waals surface area contributed by atoms with Crippen molar-refractivity contribution in [1.82, 2.24) is 10.2 Å². The predicted molar refractivity (Wildman–Crippen MR) is 90.9 cm³/mol. The molecule has 3 amide bonds. The van der Waals surface area contributed by atoms with Crippen LogP contribution in [0, 0.1) is 0 Å². The zero-order valence-electron chi connectivity index (χ0n) is 13.4. The van der Waals surface area contributed by atoms with Crippen molar-refractivity contribution in [1.29, 1.82) is 0 Å². The van der Waals surface area contributed by atoms with Crippen molar-refractivity contribution in [2.24, 2.45) is 0 Å². The van der Waals surface area contributed by atoms with Gasteiger partial charge in [-0.05, 0) is 24.6 Å². The fourth-order valence-electron chi connectivity index (χ4n) is 2.20. The molecule has 0 aliphatic heterocycles. The summed E-state index contributed by atoms with van der Waals surface area (Å²) in [6.07, 6.45) is 0. The smallest absolute Gasteiger partial charge is 0.316 e. The molecule has 0 spiro atoms. The lowest BCUT2D eigenvalue weighted by Gasteiger charge is -2.20. The number of carbonyl (C=O) groups is 3. The second-order valence-electron chi connectivity index (χ2n) is 5.18. The van der Waals surface area contributed by atoms with Crippen molar-refractivity contribution in [3.63, 3.8) is 0 Å². The Balaban J connectivity index is 2.03. The normalized spacial score (nSPS) is 10.0. The number of nitrogen functional groups attached to an aromatic ring is 1. The minimum Gasteiger partial charge on any atom is -0.398 e. The number of nitrogens with one attached hydrogen (secondary N) is 1. The maximum atomic E-state index is 12.3. The minimum atomic E-state index is -0.971. The van der Waals surface area contributed by atoms with Crippen LogP contribution in [-0.4, -0.2) is 29.2 Å². The molecule has 0 saturated heterocycles. The molecule has 124 valence electrons. The molecule has 0 unspecified atom stereocenters. The van der Waals surface area contributed by atoms with E-state index in [0.717, 1.165) is 5.56 Å². The van der Waals surface area contributed by atoms with Crippen molar-refractivity contribution < 1.29 is 14.4 Å². The van der Waals surface area contributed by atoms with E-state index in [1.807, 2.05) is 30.3 Å². The van der Waals surface area contributed by atoms with Gasteiger partial charge in [0, 0.05) is 18.8 Å². The molecule has 0 aliphatic carbocycles. The van der Waals surface area contributed by atoms with Crippen molar-refractivity contribution in [2.45, 2.75) is 13.5 Å². The summed E-state index contributed by atoms with van der Waals surface area (Å²) in [5.41, 5.74) is 7.00. The van der Waals surface area contributed by atoms with E-state index in [1.54, 1.807) is 25.1 Å². The average Bonchev–Trinajstić information content (AvgIpc) is 2.60. The first-order valence-corrected chi connectivity index (χ1v) is 7.56. The third-order valence-corrected chi connectivity index (χ3v) is 3.51. The van der Waals surface area contributed by atoms with Crippen molar-refractivity contribution in [2.75, 3.05) is 12.3 Å². The summed E-state index contributed by atoms with van der Waals surface area (Å²) >= 11 is 0. The first-order valence-electron chi connectivity index (χ1n) is 7.56. The molecular weight excluding hydrogens is 306 g/mol. The number of hydrogen-bond acceptors (Lipinski definition) is 4. The molecule has 0 bridgehead atoms. The summed E-state index contributed by atoms with van der Waals surface area (Å²) < 4.78 is 0. The lowest BCUT2D eigenvalue weighted by atomic mass is 10.1. The number of anilines is 1. The van der Waals surface area contributed by atoms with Gasteiger partial charge in [-0.2, -0.15) is 0 Å². The molecule has 6 nitrogen and oxygen atoms in total. The standard InChI is InChI=1S/C18H19N3O3/c1-2-21(12-13-8-4-3-5-9-13)18(24)17(23)20-16(22)14-10-6-7-11-15(14)19/h3-11H,2,12,19H2,1H3,(H,20,22,23). The summed E-state index contributed by atoms with van der Waals surface area (Å²) in [5, 5.41) is 2.09. The number of amides is 3. The molecule has 0 fully saturated rings. The quantitative estimate of drug-likeness (QED) is 0.659. The first-order chi connectivity index (χ1) is 11.5. The van der Waals surface area contributed by atoms with Crippen molar-refractivity contribution >= 4 is 23.4 Å². The van der Waals surface area contributed by atoms with Crippen LogP contribution in [0.25, 0.3) is 0 Å². The molecule has 0 heterocycles. The summed E-state index contributed by atoms with van der Waals surface area (Å²) in [4.78, 5) is 37.8. The summed E-state index contributed by atoms with van der Waals surface area (Å²) in [7, 11) is 0. The summed E-state index contributed by atoms with van der Waals surface area (Å²) in [6.45, 7) is 2.42. The van der Waals surface area contributed by atoms with Gasteiger partial charge in [0.25, 0.3) is 5.91 Å². The van der Waals surface area contributed by atoms with Crippen LogP contribution in [0.5, 0.6) is 0 Å². The third-order valence-electron chi connectivity index (χ3n) is 3.51. The number of rotatable bonds is 4. The van der Waals surface area contributed by atoms with Crippen LogP contribution in [0.2, 0.25) is 0 Å². The number of nitrogens with zero attached hydrogens (tertiary/aromatic N) is 1. The molecule has 24 heavy (non-hydrogen) atoms. The number of imide groups is 1. The van der Waals surface area contributed by atoms with Gasteiger partial charge in [0.05, 0.1) is 5.56 Å². The lowest BCUT2D eigenvalue weighted by Crippen LogP contribution is -2.44. The molecule has 2 aromatic carbocycles. The molecule has 0 atom stereocenters. The van der Waals surface area contributed by atoms with Crippen LogP contribution < -0.4 is 11.1 Å². The zero-order chi connectivity index (χ0) is 17.5. The van der Waals surface area contributed by atoms with Gasteiger partial charge in [0.15, 0.2) is 0 Å². The fourth-order valence-corrected chi connectivity index (χ4v) is 2.20. The largest absolute Gasteiger partial charge is 0.398 e. The Morgan fingerprint density at radius 1 is 1.00 bits per heavy atom. The van der Waals surface area contributed by atoms with Gasteiger partial charge in [-0.15, -0.1) is 0 Å². The molecule has 2 rings (SSSR count). The van der Waals surface area contributed by atoms with E-state index in [2.05, 4.69) is 5.32 Å². The lowest BCUT2D eigenvalue weighted by molar-refractivity contribution is -0.145. The Bertz CT molecular complexity index is 744. The Labute approximate surface area is 140 Å². The van der Waals surface area contributed by atoms with Crippen LogP contribution >= 0.6 is 0 Å². The highest BCUT2D eigenvalue weighted by Crippen LogP contribution is 2.10. The van der Waals surface area contributed by atoms with E-state index >= 15 is 0 Å². The highest BCUT2D eigenvalue weighted by molar-refractivity contribution is 6.38. The Hall–Kier alpha value is -3.15. The number of carbonyl (C=O) groups excluding carboxylic acids is 3. The van der Waals surface area contributed by atoms with E-state index in [-0.39, 0.29) is 11.3 Å². The molecule has 0 saturated carbocycles. The van der Waals surface area contributed by atoms with Gasteiger partial charge in [-0.3, -0.25) is 19.7 Å². The van der Waals surface area contributed by atoms with Crippen molar-refractivity contribution in [3.05, 3.63) is 65.7 Å². The zero-order valence-corrected chi connectivity index (χ0v) is 13.4. The third kappa shape index (κ3) is 4.19. The van der Waals surface area contributed by atoms with Gasteiger partial charge in [0.2, 0.25) is 0 Å². The second kappa shape index (κ2) is 7.92. The van der Waals surface area contributed by atoms with Gasteiger partial charge in [-0.25, -0.2) is 0 Å². The molecule has 3 N–H and O–H groups in total. The molecule has 2 aromatic rings. The Kier molecular flexibility index (Phi) is 5.68. The Morgan fingerprint density at radius 3 is 2.25 bits per heavy atom. The predicted octanol–water partition coefficient (Wildman–Crippen LogP) is 1.57. The minimum absolute atomic E-state index is 0.157. The van der Waals surface area contributed by atoms with Crippen LogP contribution in [0.4, 0.5) is 5.69 Å². The van der Waals surface area contributed by atoms with E-state index in [0.29, 0.717) is 13.1 Å². The van der Waals surface area contributed by atoms with Crippen LogP contribution in [0.15, 0.2) is 54.6 Å². The first kappa shape index (κ1) is 17.2. The molecule has 0 aromatic heterocycles. The molecule has 0 aliphatic rings. The van der Waals surface area contributed by atoms with E-state index < -0.39 is 17.7 Å². The SMILES string of the molecule is CCN(Cc1ccccc1)C(=O)C(=O)NC(=O)c1ccccc1N. The highest BCUT2D eigenvalue weighted by Gasteiger charge is 2.23. The maximum absolute atomic E-state index is 12.3. The highest BCUT2D eigenvalue weighted by atomic mass is 16.2. The maximum Gasteiger partial charge on any atom is 0.316 e. The van der Waals surface area contributed by atoms with E-state index in [9.17, 15) is 14.4 Å². The molecule has 6 heteroatoms. The van der Waals surface area contributed by atoms with E-state index in [1.165, 1.54) is 11.0 Å². The van der Waals surface area contributed by atoms with Crippen LogP contribution in [0.3, 0.4) is 0 Å². The van der Waals surface area contributed by atoms with Gasteiger partial charge < -0.3 is 10.6 Å². The number of hydrogen-bond donors (Lipinski definition) is 2. The Morgan fingerprint density at radius 2 is 1.62 bits per heavy atom. The number of benzene rings is 2. The van der Waals surface area contributed by atoms with Crippen molar-refractivity contribution in [3.8, 4) is 0 Å². The number of likely N-dealkylation sites (N-methyl/N-ethyl adjacent to an activating group) is 1. The second-order valence-corrected chi connectivity index (χ2v) is 5.18. The van der Waals surface area contributed by atoms with E-state index in [4.69, 9.17) is 5.73 Å². The summed E-state index contributed by atoms with van der Waals surface area (Å²) in [5.74, 6) is -2.42. The van der Waals surface area contributed by atoms with Gasteiger partial charge >= 0.3 is 11.8 Å². The summed E-state index contributed by atoms with van der Waals surface area (Å²) in [6, 6.07) is 15.7. The van der Waals surface area contributed by atoms with Gasteiger partial charge in [-0.1, -0.05) is 42.5 Å². The number of para-hydroxylation sites is 1.